The van der Waals surface area contributed by atoms with E-state index in [9.17, 15) is 26.7 Å². The maximum atomic E-state index is 13.8. The Hall–Kier alpha value is -3.22. The second kappa shape index (κ2) is 6.19. The summed E-state index contributed by atoms with van der Waals surface area (Å²) in [5.41, 5.74) is 0.694. The maximum absolute atomic E-state index is 13.8. The van der Waals surface area contributed by atoms with Gasteiger partial charge in [-0.25, -0.2) is 22.0 Å². The van der Waals surface area contributed by atoms with Crippen molar-refractivity contribution in [3.05, 3.63) is 88.2 Å². The number of ketones is 1. The molecule has 1 aliphatic carbocycles. The molecule has 3 aromatic rings. The molecule has 0 fully saturated rings. The molecule has 0 saturated heterocycles. The number of rotatable bonds is 3. The third kappa shape index (κ3) is 2.50. The van der Waals surface area contributed by atoms with Crippen molar-refractivity contribution < 1.29 is 31.5 Å². The first-order chi connectivity index (χ1) is 12.9. The highest BCUT2D eigenvalue weighted by Crippen LogP contribution is 2.42. The molecule has 27 heavy (non-hydrogen) atoms. The molecule has 0 amide bonds. The highest BCUT2D eigenvalue weighted by molar-refractivity contribution is 6.22. The van der Waals surface area contributed by atoms with Gasteiger partial charge in [0.05, 0.1) is 5.56 Å². The van der Waals surface area contributed by atoms with Crippen molar-refractivity contribution in [2.24, 2.45) is 0 Å². The van der Waals surface area contributed by atoms with Gasteiger partial charge in [0.25, 0.3) is 0 Å². The highest BCUT2D eigenvalue weighted by Gasteiger charge is 2.30. The molecular formula is C20H9F5O2. The minimum atomic E-state index is -2.23. The lowest BCUT2D eigenvalue weighted by Crippen LogP contribution is -2.10. The van der Waals surface area contributed by atoms with Gasteiger partial charge in [0.1, 0.15) is 12.4 Å². The fraction of sp³-hybridized carbons (Fsp3) is 0.0500. The number of hydrogen-bond acceptors (Lipinski definition) is 2. The summed E-state index contributed by atoms with van der Waals surface area (Å²) in [5.74, 6) is -10.3. The first-order valence-electron chi connectivity index (χ1n) is 7.82. The molecule has 0 atom stereocenters. The van der Waals surface area contributed by atoms with Crippen LogP contribution in [0.15, 0.2) is 42.5 Å². The number of carbonyl (C=O) groups is 1. The van der Waals surface area contributed by atoms with E-state index in [2.05, 4.69) is 0 Å². The van der Waals surface area contributed by atoms with E-state index in [0.717, 1.165) is 0 Å². The molecule has 0 bridgehead atoms. The molecule has 4 rings (SSSR count). The molecule has 0 N–H and O–H groups in total. The molecule has 0 saturated carbocycles. The van der Waals surface area contributed by atoms with Crippen LogP contribution in [-0.2, 0) is 6.61 Å². The van der Waals surface area contributed by atoms with Gasteiger partial charge >= 0.3 is 0 Å². The van der Waals surface area contributed by atoms with Crippen molar-refractivity contribution in [3.8, 4) is 16.9 Å². The van der Waals surface area contributed by atoms with E-state index in [1.165, 1.54) is 12.1 Å². The Morgan fingerprint density at radius 3 is 1.89 bits per heavy atom. The molecule has 0 radical (unpaired) electrons. The molecule has 0 aromatic heterocycles. The number of fused-ring (bicyclic) bond motifs is 3. The first-order valence-corrected chi connectivity index (χ1v) is 7.82. The zero-order valence-electron chi connectivity index (χ0n) is 13.5. The van der Waals surface area contributed by atoms with Gasteiger partial charge in [0.15, 0.2) is 29.1 Å². The quantitative estimate of drug-likeness (QED) is 0.280. The Morgan fingerprint density at radius 1 is 0.667 bits per heavy atom. The predicted octanol–water partition coefficient (Wildman–Crippen LogP) is 5.17. The van der Waals surface area contributed by atoms with Gasteiger partial charge in [-0.15, -0.1) is 0 Å². The number of hydrogen-bond donors (Lipinski definition) is 0. The molecule has 1 aliphatic rings. The summed E-state index contributed by atoms with van der Waals surface area (Å²) in [6.45, 7) is -0.890. The summed E-state index contributed by atoms with van der Waals surface area (Å²) < 4.78 is 72.8. The summed E-state index contributed by atoms with van der Waals surface area (Å²) in [7, 11) is 0. The van der Waals surface area contributed by atoms with Gasteiger partial charge in [0.2, 0.25) is 5.82 Å². The number of halogens is 5. The van der Waals surface area contributed by atoms with Gasteiger partial charge in [-0.05, 0) is 11.6 Å². The average Bonchev–Trinajstić information content (AvgIpc) is 2.98. The Labute approximate surface area is 149 Å². The predicted molar refractivity (Wildman–Crippen MR) is 85.9 cm³/mol. The lowest BCUT2D eigenvalue weighted by molar-refractivity contribution is 0.104. The van der Waals surface area contributed by atoms with Crippen LogP contribution in [0, 0.1) is 29.1 Å². The van der Waals surface area contributed by atoms with Gasteiger partial charge in [0, 0.05) is 16.7 Å². The molecule has 0 unspecified atom stereocenters. The monoisotopic (exact) mass is 376 g/mol. The van der Waals surface area contributed by atoms with E-state index in [4.69, 9.17) is 4.74 Å². The van der Waals surface area contributed by atoms with Crippen molar-refractivity contribution in [2.45, 2.75) is 6.61 Å². The molecule has 7 heteroatoms. The Balaban J connectivity index is 1.75. The topological polar surface area (TPSA) is 26.3 Å². The summed E-state index contributed by atoms with van der Waals surface area (Å²) >= 11 is 0. The van der Waals surface area contributed by atoms with Crippen LogP contribution < -0.4 is 4.74 Å². The van der Waals surface area contributed by atoms with Gasteiger partial charge < -0.3 is 4.74 Å². The van der Waals surface area contributed by atoms with Crippen LogP contribution in [-0.4, -0.2) is 5.78 Å². The van der Waals surface area contributed by atoms with Crippen molar-refractivity contribution in [1.29, 1.82) is 0 Å². The molecule has 0 aliphatic heterocycles. The van der Waals surface area contributed by atoms with E-state index in [-0.39, 0.29) is 11.5 Å². The second-order valence-electron chi connectivity index (χ2n) is 5.89. The largest absolute Gasteiger partial charge is 0.488 e. The normalized spacial score (nSPS) is 12.1. The smallest absolute Gasteiger partial charge is 0.200 e. The second-order valence-corrected chi connectivity index (χ2v) is 5.89. The minimum absolute atomic E-state index is 0.106. The SMILES string of the molecule is O=C1c2ccccc2-c2c(OCc3c(F)c(F)c(F)c(F)c3F)cccc21. The van der Waals surface area contributed by atoms with Gasteiger partial charge in [-0.3, -0.25) is 4.79 Å². The molecule has 0 spiro atoms. The Bertz CT molecular complexity index is 1080. The molecular weight excluding hydrogens is 367 g/mol. The van der Waals surface area contributed by atoms with Crippen LogP contribution in [0.2, 0.25) is 0 Å². The van der Waals surface area contributed by atoms with E-state index in [1.54, 1.807) is 30.3 Å². The van der Waals surface area contributed by atoms with Crippen LogP contribution in [0.25, 0.3) is 11.1 Å². The van der Waals surface area contributed by atoms with Crippen LogP contribution >= 0.6 is 0 Å². The molecule has 0 heterocycles. The summed E-state index contributed by atoms with van der Waals surface area (Å²) in [4.78, 5) is 12.4. The third-order valence-corrected chi connectivity index (χ3v) is 4.38. The van der Waals surface area contributed by atoms with E-state index < -0.39 is 41.3 Å². The minimum Gasteiger partial charge on any atom is -0.488 e. The van der Waals surface area contributed by atoms with E-state index in [0.29, 0.717) is 22.3 Å². The lowest BCUT2D eigenvalue weighted by atomic mass is 10.0. The highest BCUT2D eigenvalue weighted by atomic mass is 19.2. The van der Waals surface area contributed by atoms with E-state index in [1.807, 2.05) is 0 Å². The number of ether oxygens (including phenoxy) is 1. The summed E-state index contributed by atoms with van der Waals surface area (Å²) in [6.07, 6.45) is 0. The zero-order chi connectivity index (χ0) is 19.3. The first kappa shape index (κ1) is 17.2. The Morgan fingerprint density at radius 2 is 1.22 bits per heavy atom. The van der Waals surface area contributed by atoms with Crippen molar-refractivity contribution >= 4 is 5.78 Å². The fourth-order valence-corrected chi connectivity index (χ4v) is 3.09. The van der Waals surface area contributed by atoms with Crippen LogP contribution in [0.4, 0.5) is 22.0 Å². The lowest BCUT2D eigenvalue weighted by Gasteiger charge is -2.13. The van der Waals surface area contributed by atoms with Crippen LogP contribution in [0.5, 0.6) is 5.75 Å². The van der Waals surface area contributed by atoms with E-state index >= 15 is 0 Å². The average molecular weight is 376 g/mol. The molecule has 136 valence electrons. The number of benzene rings is 3. The maximum Gasteiger partial charge on any atom is 0.200 e. The molecule has 3 aromatic carbocycles. The fourth-order valence-electron chi connectivity index (χ4n) is 3.09. The zero-order valence-corrected chi connectivity index (χ0v) is 13.5. The standard InChI is InChI=1S/C20H9F5O2/c21-15-12(16(22)18(24)19(25)17(15)23)8-27-13-7-3-6-11-14(13)9-4-1-2-5-10(9)20(11)26/h1-7H,8H2. The van der Waals surface area contributed by atoms with Crippen LogP contribution in [0.3, 0.4) is 0 Å². The summed E-state index contributed by atoms with van der Waals surface area (Å²) in [6, 6.07) is 11.3. The third-order valence-electron chi connectivity index (χ3n) is 4.38. The Kier molecular flexibility index (Phi) is 3.95. The van der Waals surface area contributed by atoms with Crippen LogP contribution in [0.1, 0.15) is 21.5 Å². The number of carbonyl (C=O) groups excluding carboxylic acids is 1. The van der Waals surface area contributed by atoms with Gasteiger partial charge in [-0.1, -0.05) is 36.4 Å². The van der Waals surface area contributed by atoms with Crippen molar-refractivity contribution in [2.75, 3.05) is 0 Å². The summed E-state index contributed by atoms with van der Waals surface area (Å²) in [5, 5.41) is 0. The van der Waals surface area contributed by atoms with Gasteiger partial charge in [-0.2, -0.15) is 0 Å². The van der Waals surface area contributed by atoms with Crippen molar-refractivity contribution in [3.63, 3.8) is 0 Å². The molecule has 2 nitrogen and oxygen atoms in total. The van der Waals surface area contributed by atoms with Crippen molar-refractivity contribution in [1.82, 2.24) is 0 Å².